The monoisotopic (exact) mass is 441 g/mol. The van der Waals surface area contributed by atoms with Crippen molar-refractivity contribution in [1.29, 1.82) is 0 Å². The molecule has 0 aromatic heterocycles. The quantitative estimate of drug-likeness (QED) is 0.160. The molecule has 0 spiro atoms. The van der Waals surface area contributed by atoms with Gasteiger partial charge in [-0.05, 0) is 31.0 Å². The van der Waals surface area contributed by atoms with Gasteiger partial charge >= 0.3 is 11.9 Å². The molecule has 2 aromatic carbocycles. The van der Waals surface area contributed by atoms with E-state index in [0.717, 1.165) is 19.3 Å². The molecule has 0 radical (unpaired) electrons. The van der Waals surface area contributed by atoms with E-state index < -0.39 is 16.9 Å². The lowest BCUT2D eigenvalue weighted by molar-refractivity contribution is -0.385. The first-order valence-electron chi connectivity index (χ1n) is 11.1. The molecule has 7 nitrogen and oxygen atoms in total. The van der Waals surface area contributed by atoms with Crippen molar-refractivity contribution in [3.05, 3.63) is 74.8 Å². The van der Waals surface area contributed by atoms with Crippen molar-refractivity contribution in [2.24, 2.45) is 0 Å². The highest BCUT2D eigenvalue weighted by atomic mass is 16.6. The SMILES string of the molecule is CCCCCCCCCOC(=O)c1ccccc1C(=O)OCc1ccc(C)c([N+](=O)[O-])c1. The number of aryl methyl sites for hydroxylation is 1. The highest BCUT2D eigenvalue weighted by Crippen LogP contribution is 2.20. The average molecular weight is 442 g/mol. The molecule has 0 saturated carbocycles. The second-order valence-electron chi connectivity index (χ2n) is 7.76. The molecular weight excluding hydrogens is 410 g/mol. The molecule has 0 aliphatic rings. The van der Waals surface area contributed by atoms with Crippen LogP contribution in [0, 0.1) is 17.0 Å². The summed E-state index contributed by atoms with van der Waals surface area (Å²) in [5.41, 5.74) is 1.25. The lowest BCUT2D eigenvalue weighted by Crippen LogP contribution is -2.14. The third-order valence-corrected chi connectivity index (χ3v) is 5.19. The molecule has 0 heterocycles. The summed E-state index contributed by atoms with van der Waals surface area (Å²) >= 11 is 0. The zero-order valence-electron chi connectivity index (χ0n) is 18.8. The van der Waals surface area contributed by atoms with Crippen molar-refractivity contribution in [1.82, 2.24) is 0 Å². The molecule has 0 fully saturated rings. The lowest BCUT2D eigenvalue weighted by Gasteiger charge is -2.10. The summed E-state index contributed by atoms with van der Waals surface area (Å²) < 4.78 is 10.6. The fourth-order valence-electron chi connectivity index (χ4n) is 3.31. The van der Waals surface area contributed by atoms with Crippen molar-refractivity contribution in [3.63, 3.8) is 0 Å². The summed E-state index contributed by atoms with van der Waals surface area (Å²) in [6.45, 7) is 3.99. The van der Waals surface area contributed by atoms with Gasteiger partial charge in [0.2, 0.25) is 0 Å². The first-order chi connectivity index (χ1) is 15.4. The predicted octanol–water partition coefficient (Wildman–Crippen LogP) is 6.17. The molecule has 2 aromatic rings. The van der Waals surface area contributed by atoms with E-state index in [2.05, 4.69) is 6.92 Å². The number of carbonyl (C=O) groups excluding carboxylic acids is 2. The van der Waals surface area contributed by atoms with Crippen LogP contribution >= 0.6 is 0 Å². The van der Waals surface area contributed by atoms with Gasteiger partial charge in [0, 0.05) is 11.6 Å². The van der Waals surface area contributed by atoms with Gasteiger partial charge in [0.25, 0.3) is 5.69 Å². The Morgan fingerprint density at radius 2 is 1.47 bits per heavy atom. The number of unbranched alkanes of at least 4 members (excludes halogenated alkanes) is 6. The number of nitrogens with zero attached hydrogens (tertiary/aromatic N) is 1. The van der Waals surface area contributed by atoms with Crippen LogP contribution in [0.15, 0.2) is 42.5 Å². The molecule has 2 rings (SSSR count). The van der Waals surface area contributed by atoms with Gasteiger partial charge in [0.05, 0.1) is 22.7 Å². The Labute approximate surface area is 188 Å². The number of hydrogen-bond acceptors (Lipinski definition) is 6. The van der Waals surface area contributed by atoms with Crippen LogP contribution in [-0.4, -0.2) is 23.5 Å². The minimum absolute atomic E-state index is 0.0344. The molecule has 0 unspecified atom stereocenters. The minimum Gasteiger partial charge on any atom is -0.462 e. The van der Waals surface area contributed by atoms with E-state index in [1.165, 1.54) is 43.9 Å². The van der Waals surface area contributed by atoms with E-state index in [9.17, 15) is 19.7 Å². The average Bonchev–Trinajstić information content (AvgIpc) is 2.79. The number of carbonyl (C=O) groups is 2. The van der Waals surface area contributed by atoms with Crippen molar-refractivity contribution >= 4 is 17.6 Å². The Bertz CT molecular complexity index is 924. The van der Waals surface area contributed by atoms with E-state index in [1.54, 1.807) is 31.2 Å². The maximum atomic E-state index is 12.6. The fourth-order valence-corrected chi connectivity index (χ4v) is 3.31. The van der Waals surface area contributed by atoms with E-state index in [-0.39, 0.29) is 23.4 Å². The summed E-state index contributed by atoms with van der Waals surface area (Å²) in [5.74, 6) is -1.24. The molecule has 0 N–H and O–H groups in total. The zero-order chi connectivity index (χ0) is 23.3. The number of benzene rings is 2. The van der Waals surface area contributed by atoms with Crippen molar-refractivity contribution < 1.29 is 24.0 Å². The van der Waals surface area contributed by atoms with Crippen molar-refractivity contribution in [2.45, 2.75) is 65.4 Å². The fraction of sp³-hybridized carbons (Fsp3) is 0.440. The summed E-state index contributed by atoms with van der Waals surface area (Å²) in [5, 5.41) is 11.1. The summed E-state index contributed by atoms with van der Waals surface area (Å²) in [4.78, 5) is 35.6. The number of hydrogen-bond donors (Lipinski definition) is 0. The number of nitro benzene ring substituents is 1. The van der Waals surface area contributed by atoms with Crippen LogP contribution in [0.5, 0.6) is 0 Å². The molecule has 0 atom stereocenters. The summed E-state index contributed by atoms with van der Waals surface area (Å²) in [6.07, 6.45) is 7.81. The Morgan fingerprint density at radius 1 is 0.875 bits per heavy atom. The van der Waals surface area contributed by atoms with Crippen LogP contribution in [-0.2, 0) is 16.1 Å². The number of ether oxygens (including phenoxy) is 2. The van der Waals surface area contributed by atoms with Crippen LogP contribution in [0.3, 0.4) is 0 Å². The third kappa shape index (κ3) is 7.80. The maximum Gasteiger partial charge on any atom is 0.339 e. The molecule has 0 amide bonds. The Kier molecular flexibility index (Phi) is 10.4. The second kappa shape index (κ2) is 13.2. The molecule has 32 heavy (non-hydrogen) atoms. The molecule has 0 aliphatic carbocycles. The lowest BCUT2D eigenvalue weighted by atomic mass is 10.1. The number of nitro groups is 1. The number of rotatable bonds is 13. The van der Waals surface area contributed by atoms with E-state index in [0.29, 0.717) is 17.7 Å². The Balaban J connectivity index is 1.89. The van der Waals surface area contributed by atoms with Crippen LogP contribution in [0.25, 0.3) is 0 Å². The van der Waals surface area contributed by atoms with Gasteiger partial charge in [-0.3, -0.25) is 10.1 Å². The second-order valence-corrected chi connectivity index (χ2v) is 7.76. The standard InChI is InChI=1S/C25H31NO6/c1-3-4-5-6-7-8-11-16-31-24(27)21-12-9-10-13-22(21)25(28)32-18-20-15-14-19(2)23(17-20)26(29)30/h9-10,12-15,17H,3-8,11,16,18H2,1-2H3. The summed E-state index contributed by atoms with van der Waals surface area (Å²) in [6, 6.07) is 11.0. The molecule has 0 bridgehead atoms. The van der Waals surface area contributed by atoms with Crippen LogP contribution in [0.4, 0.5) is 5.69 Å². The molecule has 172 valence electrons. The Hall–Kier alpha value is -3.22. The van der Waals surface area contributed by atoms with Gasteiger partial charge in [0.15, 0.2) is 0 Å². The van der Waals surface area contributed by atoms with Crippen LogP contribution in [0.2, 0.25) is 0 Å². The molecular formula is C25H31NO6. The maximum absolute atomic E-state index is 12.6. The van der Waals surface area contributed by atoms with Crippen molar-refractivity contribution in [2.75, 3.05) is 6.61 Å². The van der Waals surface area contributed by atoms with Gasteiger partial charge in [-0.25, -0.2) is 9.59 Å². The van der Waals surface area contributed by atoms with Gasteiger partial charge in [0.1, 0.15) is 6.61 Å². The molecule has 0 saturated heterocycles. The Morgan fingerprint density at radius 3 is 2.09 bits per heavy atom. The van der Waals surface area contributed by atoms with Crippen LogP contribution in [0.1, 0.15) is 83.7 Å². The topological polar surface area (TPSA) is 95.7 Å². The minimum atomic E-state index is -0.684. The van der Waals surface area contributed by atoms with E-state index in [4.69, 9.17) is 9.47 Å². The highest BCUT2D eigenvalue weighted by molar-refractivity contribution is 6.03. The number of esters is 2. The van der Waals surface area contributed by atoms with Gasteiger partial charge in [-0.2, -0.15) is 0 Å². The van der Waals surface area contributed by atoms with Crippen LogP contribution < -0.4 is 0 Å². The van der Waals surface area contributed by atoms with Gasteiger partial charge in [-0.15, -0.1) is 0 Å². The normalized spacial score (nSPS) is 10.6. The molecule has 7 heteroatoms. The van der Waals surface area contributed by atoms with Gasteiger partial charge < -0.3 is 9.47 Å². The predicted molar refractivity (Wildman–Crippen MR) is 122 cm³/mol. The van der Waals surface area contributed by atoms with Gasteiger partial charge in [-0.1, -0.05) is 69.7 Å². The zero-order valence-corrected chi connectivity index (χ0v) is 18.8. The first kappa shape index (κ1) is 25.0. The van der Waals surface area contributed by atoms with E-state index in [1.807, 2.05) is 0 Å². The summed E-state index contributed by atoms with van der Waals surface area (Å²) in [7, 11) is 0. The first-order valence-corrected chi connectivity index (χ1v) is 11.1. The highest BCUT2D eigenvalue weighted by Gasteiger charge is 2.19. The smallest absolute Gasteiger partial charge is 0.339 e. The van der Waals surface area contributed by atoms with Crippen molar-refractivity contribution in [3.8, 4) is 0 Å². The molecule has 0 aliphatic heterocycles. The third-order valence-electron chi connectivity index (χ3n) is 5.19. The largest absolute Gasteiger partial charge is 0.462 e. The van der Waals surface area contributed by atoms with E-state index >= 15 is 0 Å².